The normalized spacial score (nSPS) is 17.6. The highest BCUT2D eigenvalue weighted by molar-refractivity contribution is 5.82. The third-order valence-electron chi connectivity index (χ3n) is 3.04. The number of amides is 1. The monoisotopic (exact) mass is 338 g/mol. The predicted molar refractivity (Wildman–Crippen MR) is 73.9 cm³/mol. The number of nitrogens with two attached hydrogens (primary N) is 1. The Hall–Kier alpha value is -1.79. The standard InChI is InChI=1S/C12H22N2O9/c1-14-5(2-3-7(13)17)12(22)23-10(11(20)21)9(19)8(18)6(16)4-15/h5-6,8-10,14-16,18-19H,2-4H2,1H3,(H2,13,17)(H,20,21)/t5-,6-,8-,9+,10-/m1/s1. The fraction of sp³-hybridized carbons (Fsp3) is 0.750. The molecule has 0 bridgehead atoms. The van der Waals surface area contributed by atoms with Crippen molar-refractivity contribution in [2.45, 2.75) is 43.3 Å². The number of carboxylic acid groups (broad SMARTS) is 1. The number of hydrogen-bond acceptors (Lipinski definition) is 9. The van der Waals surface area contributed by atoms with Gasteiger partial charge in [0.15, 0.2) is 0 Å². The summed E-state index contributed by atoms with van der Waals surface area (Å²) in [5, 5.41) is 48.6. The highest BCUT2D eigenvalue weighted by Crippen LogP contribution is 2.11. The summed E-state index contributed by atoms with van der Waals surface area (Å²) in [7, 11) is 1.36. The third-order valence-corrected chi connectivity index (χ3v) is 3.04. The molecule has 1 amide bonds. The van der Waals surface area contributed by atoms with Gasteiger partial charge in [-0.2, -0.15) is 0 Å². The van der Waals surface area contributed by atoms with Crippen molar-refractivity contribution < 1.29 is 44.7 Å². The number of carbonyl (C=O) groups is 3. The van der Waals surface area contributed by atoms with E-state index in [0.29, 0.717) is 0 Å². The predicted octanol–water partition coefficient (Wildman–Crippen LogP) is -4.09. The van der Waals surface area contributed by atoms with Crippen LogP contribution in [0.15, 0.2) is 0 Å². The Morgan fingerprint density at radius 1 is 1.17 bits per heavy atom. The average Bonchev–Trinajstić information content (AvgIpc) is 2.50. The number of carbonyl (C=O) groups excluding carboxylic acids is 2. The number of aliphatic carboxylic acids is 1. The minimum absolute atomic E-state index is 0.0606. The van der Waals surface area contributed by atoms with Crippen LogP contribution in [0.3, 0.4) is 0 Å². The van der Waals surface area contributed by atoms with E-state index in [-0.39, 0.29) is 12.8 Å². The second-order valence-corrected chi connectivity index (χ2v) is 4.77. The summed E-state index contributed by atoms with van der Waals surface area (Å²) in [6.45, 7) is -0.934. The van der Waals surface area contributed by atoms with Gasteiger partial charge in [0.1, 0.15) is 24.4 Å². The number of rotatable bonds is 11. The molecule has 0 saturated heterocycles. The van der Waals surface area contributed by atoms with Gasteiger partial charge < -0.3 is 41.3 Å². The number of carboxylic acids is 1. The number of esters is 1. The van der Waals surface area contributed by atoms with Crippen molar-refractivity contribution in [2.75, 3.05) is 13.7 Å². The number of likely N-dealkylation sites (N-methyl/N-ethyl adjacent to an activating group) is 1. The Kier molecular flexibility index (Phi) is 9.29. The second kappa shape index (κ2) is 10.1. The summed E-state index contributed by atoms with van der Waals surface area (Å²) >= 11 is 0. The van der Waals surface area contributed by atoms with Crippen LogP contribution in [0, 0.1) is 0 Å². The summed E-state index contributed by atoms with van der Waals surface area (Å²) in [5.41, 5.74) is 4.94. The van der Waals surface area contributed by atoms with E-state index < -0.39 is 54.9 Å². The molecule has 8 N–H and O–H groups in total. The number of ether oxygens (including phenoxy) is 1. The van der Waals surface area contributed by atoms with Gasteiger partial charge in [0.2, 0.25) is 12.0 Å². The van der Waals surface area contributed by atoms with Crippen molar-refractivity contribution in [3.63, 3.8) is 0 Å². The van der Waals surface area contributed by atoms with Gasteiger partial charge in [-0.1, -0.05) is 0 Å². The van der Waals surface area contributed by atoms with Crippen LogP contribution in [0.2, 0.25) is 0 Å². The lowest BCUT2D eigenvalue weighted by Crippen LogP contribution is -2.52. The Morgan fingerprint density at radius 2 is 1.74 bits per heavy atom. The Labute approximate surface area is 131 Å². The Morgan fingerprint density at radius 3 is 2.13 bits per heavy atom. The largest absolute Gasteiger partial charge is 0.478 e. The number of nitrogens with one attached hydrogen (secondary N) is 1. The van der Waals surface area contributed by atoms with E-state index in [2.05, 4.69) is 10.1 Å². The van der Waals surface area contributed by atoms with Crippen molar-refractivity contribution in [1.82, 2.24) is 5.32 Å². The molecule has 0 aromatic heterocycles. The fourth-order valence-electron chi connectivity index (χ4n) is 1.65. The van der Waals surface area contributed by atoms with Gasteiger partial charge in [0.25, 0.3) is 0 Å². The average molecular weight is 338 g/mol. The van der Waals surface area contributed by atoms with Gasteiger partial charge in [0, 0.05) is 6.42 Å². The molecule has 5 atom stereocenters. The lowest BCUT2D eigenvalue weighted by molar-refractivity contribution is -0.183. The van der Waals surface area contributed by atoms with E-state index >= 15 is 0 Å². The zero-order chi connectivity index (χ0) is 18.2. The summed E-state index contributed by atoms with van der Waals surface area (Å²) in [6, 6.07) is -1.06. The minimum Gasteiger partial charge on any atom is -0.478 e. The zero-order valence-electron chi connectivity index (χ0n) is 12.5. The molecule has 0 unspecified atom stereocenters. The van der Waals surface area contributed by atoms with E-state index in [1.165, 1.54) is 7.05 Å². The molecule has 0 saturated carbocycles. The van der Waals surface area contributed by atoms with Gasteiger partial charge in [-0.05, 0) is 13.5 Å². The maximum Gasteiger partial charge on any atom is 0.347 e. The first-order chi connectivity index (χ1) is 10.6. The quantitative estimate of drug-likeness (QED) is 0.182. The Bertz CT molecular complexity index is 417. The van der Waals surface area contributed by atoms with Crippen molar-refractivity contribution in [2.24, 2.45) is 5.73 Å². The molecular formula is C12H22N2O9. The van der Waals surface area contributed by atoms with Gasteiger partial charge in [-0.15, -0.1) is 0 Å². The minimum atomic E-state index is -2.18. The molecule has 0 aliphatic heterocycles. The van der Waals surface area contributed by atoms with Crippen LogP contribution in [0.4, 0.5) is 0 Å². The molecular weight excluding hydrogens is 316 g/mol. The smallest absolute Gasteiger partial charge is 0.347 e. The zero-order valence-corrected chi connectivity index (χ0v) is 12.5. The molecule has 0 fully saturated rings. The van der Waals surface area contributed by atoms with E-state index in [4.69, 9.17) is 15.9 Å². The molecule has 0 heterocycles. The lowest BCUT2D eigenvalue weighted by Gasteiger charge is -2.27. The molecule has 11 heteroatoms. The Balaban J connectivity index is 4.94. The molecule has 0 aliphatic carbocycles. The molecule has 11 nitrogen and oxygen atoms in total. The van der Waals surface area contributed by atoms with Gasteiger partial charge in [-0.25, -0.2) is 4.79 Å². The van der Waals surface area contributed by atoms with Crippen LogP contribution in [-0.4, -0.2) is 87.5 Å². The SMILES string of the molecule is CN[C@H](CCC(N)=O)C(=O)O[C@@H](C(=O)O)[C@@H](O)[C@H](O)[C@H](O)CO. The molecule has 23 heavy (non-hydrogen) atoms. The second-order valence-electron chi connectivity index (χ2n) is 4.77. The first-order valence-corrected chi connectivity index (χ1v) is 6.69. The van der Waals surface area contributed by atoms with Crippen LogP contribution in [0.25, 0.3) is 0 Å². The molecule has 0 aromatic carbocycles. The maximum absolute atomic E-state index is 11.9. The highest BCUT2D eigenvalue weighted by Gasteiger charge is 2.39. The molecule has 0 radical (unpaired) electrons. The van der Waals surface area contributed by atoms with Crippen molar-refractivity contribution in [1.29, 1.82) is 0 Å². The van der Waals surface area contributed by atoms with E-state index in [1.807, 2.05) is 0 Å². The van der Waals surface area contributed by atoms with Crippen LogP contribution in [-0.2, 0) is 19.1 Å². The van der Waals surface area contributed by atoms with Crippen LogP contribution in [0.1, 0.15) is 12.8 Å². The van der Waals surface area contributed by atoms with E-state index in [0.717, 1.165) is 0 Å². The van der Waals surface area contributed by atoms with E-state index in [9.17, 15) is 29.7 Å². The molecule has 0 aromatic rings. The summed E-state index contributed by atoms with van der Waals surface area (Å²) in [4.78, 5) is 33.6. The first-order valence-electron chi connectivity index (χ1n) is 6.69. The van der Waals surface area contributed by atoms with Crippen LogP contribution in [0.5, 0.6) is 0 Å². The van der Waals surface area contributed by atoms with Crippen LogP contribution >= 0.6 is 0 Å². The molecule has 0 spiro atoms. The molecule has 0 rings (SSSR count). The highest BCUT2D eigenvalue weighted by atomic mass is 16.6. The summed E-state index contributed by atoms with van der Waals surface area (Å²) in [5.74, 6) is -3.53. The number of aliphatic hydroxyl groups is 4. The van der Waals surface area contributed by atoms with E-state index in [1.54, 1.807) is 0 Å². The van der Waals surface area contributed by atoms with Gasteiger partial charge in [0.05, 0.1) is 6.61 Å². The topological polar surface area (TPSA) is 200 Å². The summed E-state index contributed by atoms with van der Waals surface area (Å²) < 4.78 is 4.62. The van der Waals surface area contributed by atoms with Gasteiger partial charge in [-0.3, -0.25) is 9.59 Å². The fourth-order valence-corrected chi connectivity index (χ4v) is 1.65. The molecule has 0 aliphatic rings. The third kappa shape index (κ3) is 6.88. The summed E-state index contributed by atoms with van der Waals surface area (Å²) in [6.07, 6.45) is -8.44. The number of aliphatic hydroxyl groups excluding tert-OH is 4. The van der Waals surface area contributed by atoms with Gasteiger partial charge >= 0.3 is 11.9 Å². The van der Waals surface area contributed by atoms with Crippen LogP contribution < -0.4 is 11.1 Å². The van der Waals surface area contributed by atoms with Crippen molar-refractivity contribution in [3.8, 4) is 0 Å². The van der Waals surface area contributed by atoms with Crippen molar-refractivity contribution >= 4 is 17.8 Å². The number of hydrogen-bond donors (Lipinski definition) is 7. The lowest BCUT2D eigenvalue weighted by atomic mass is 10.0. The number of primary amides is 1. The maximum atomic E-state index is 11.9. The molecule has 134 valence electrons. The van der Waals surface area contributed by atoms with Crippen molar-refractivity contribution in [3.05, 3.63) is 0 Å². The first kappa shape index (κ1) is 21.2.